The molecule has 2 atom stereocenters. The zero-order valence-electron chi connectivity index (χ0n) is 14.7. The minimum Gasteiger partial charge on any atom is -0.488 e. The number of carboxylic acids is 1. The van der Waals surface area contributed by atoms with Crippen molar-refractivity contribution < 1.29 is 19.0 Å². The molecule has 0 saturated carbocycles. The summed E-state index contributed by atoms with van der Waals surface area (Å²) in [7, 11) is 0. The number of carboxylic acid groups (broad SMARTS) is 1. The summed E-state index contributed by atoms with van der Waals surface area (Å²) in [6, 6.07) is 15.5. The van der Waals surface area contributed by atoms with E-state index in [-0.39, 0.29) is 12.0 Å². The number of carbonyl (C=O) groups is 1. The quantitative estimate of drug-likeness (QED) is 0.611. The lowest BCUT2D eigenvalue weighted by Crippen LogP contribution is -2.33. The van der Waals surface area contributed by atoms with Gasteiger partial charge in [0.05, 0.1) is 10.4 Å². The highest BCUT2D eigenvalue weighted by Crippen LogP contribution is 2.42. The molecular formula is C21H17ClFNO3S. The molecule has 4 rings (SSSR count). The summed E-state index contributed by atoms with van der Waals surface area (Å²) in [5.41, 5.74) is 1.15. The Kier molecular flexibility index (Phi) is 5.44. The highest BCUT2D eigenvalue weighted by atomic mass is 35.5. The number of hydrogen-bond acceptors (Lipinski definition) is 4. The fourth-order valence-corrected chi connectivity index (χ4v) is 4.78. The van der Waals surface area contributed by atoms with Gasteiger partial charge in [-0.2, -0.15) is 0 Å². The van der Waals surface area contributed by atoms with Crippen LogP contribution in [0.1, 0.15) is 16.5 Å². The Bertz CT molecular complexity index is 1030. The van der Waals surface area contributed by atoms with E-state index in [1.807, 2.05) is 36.4 Å². The lowest BCUT2D eigenvalue weighted by molar-refractivity contribution is -0.138. The molecular weight excluding hydrogens is 401 g/mol. The van der Waals surface area contributed by atoms with Gasteiger partial charge >= 0.3 is 5.97 Å². The fourth-order valence-electron chi connectivity index (χ4n) is 3.27. The van der Waals surface area contributed by atoms with Gasteiger partial charge in [0.1, 0.15) is 24.2 Å². The van der Waals surface area contributed by atoms with E-state index in [4.69, 9.17) is 16.3 Å². The molecule has 0 spiro atoms. The van der Waals surface area contributed by atoms with Crippen LogP contribution in [0.3, 0.4) is 0 Å². The minimum absolute atomic E-state index is 0.0173. The molecule has 3 aromatic rings. The Labute approximate surface area is 170 Å². The Morgan fingerprint density at radius 2 is 2.04 bits per heavy atom. The zero-order chi connectivity index (χ0) is 19.7. The topological polar surface area (TPSA) is 58.6 Å². The Morgan fingerprint density at radius 3 is 2.79 bits per heavy atom. The summed E-state index contributed by atoms with van der Waals surface area (Å²) in [5.74, 6) is -0.263. The number of nitrogens with one attached hydrogen (secondary N) is 1. The standard InChI is InChI=1S/C21H17ClFNO3S/c22-15-6-3-7-16(23)14(15)10-27-18-9-8-12-4-1-2-5-13(12)19(18)20-24-17(11-28-20)21(25)26/h1-9,17,20,24H,10-11H2,(H,25,26). The molecule has 1 aliphatic heterocycles. The number of halogens is 2. The molecule has 0 bridgehead atoms. The summed E-state index contributed by atoms with van der Waals surface area (Å²) in [5, 5.41) is 14.5. The van der Waals surface area contributed by atoms with Crippen LogP contribution in [0.4, 0.5) is 4.39 Å². The van der Waals surface area contributed by atoms with E-state index in [2.05, 4.69) is 5.32 Å². The predicted molar refractivity (Wildman–Crippen MR) is 109 cm³/mol. The van der Waals surface area contributed by atoms with Crippen LogP contribution in [0.15, 0.2) is 54.6 Å². The van der Waals surface area contributed by atoms with Crippen LogP contribution >= 0.6 is 23.4 Å². The first-order chi connectivity index (χ1) is 13.5. The molecule has 4 nitrogen and oxygen atoms in total. The van der Waals surface area contributed by atoms with Crippen LogP contribution in [0, 0.1) is 5.82 Å². The molecule has 1 aliphatic rings. The van der Waals surface area contributed by atoms with E-state index in [1.54, 1.807) is 12.1 Å². The number of aliphatic carboxylic acids is 1. The molecule has 0 radical (unpaired) electrons. The van der Waals surface area contributed by atoms with Crippen LogP contribution in [-0.4, -0.2) is 22.9 Å². The molecule has 0 amide bonds. The largest absolute Gasteiger partial charge is 0.488 e. The highest BCUT2D eigenvalue weighted by molar-refractivity contribution is 7.99. The third-order valence-electron chi connectivity index (χ3n) is 4.71. The molecule has 1 heterocycles. The van der Waals surface area contributed by atoms with E-state index in [1.165, 1.54) is 17.8 Å². The number of fused-ring (bicyclic) bond motifs is 1. The maximum atomic E-state index is 14.1. The second kappa shape index (κ2) is 7.99. The molecule has 2 unspecified atom stereocenters. The van der Waals surface area contributed by atoms with Crippen LogP contribution in [0.25, 0.3) is 10.8 Å². The average molecular weight is 418 g/mol. The van der Waals surface area contributed by atoms with E-state index < -0.39 is 17.8 Å². The van der Waals surface area contributed by atoms with Gasteiger partial charge in [0.2, 0.25) is 0 Å². The van der Waals surface area contributed by atoms with E-state index in [0.717, 1.165) is 16.3 Å². The SMILES string of the molecule is O=C(O)C1CSC(c2c(OCc3c(F)cccc3Cl)ccc3ccccc23)N1. The maximum Gasteiger partial charge on any atom is 0.321 e. The van der Waals surface area contributed by atoms with Gasteiger partial charge in [0.15, 0.2) is 0 Å². The first kappa shape index (κ1) is 19.1. The number of ether oxygens (including phenoxy) is 1. The smallest absolute Gasteiger partial charge is 0.321 e. The van der Waals surface area contributed by atoms with Crippen molar-refractivity contribution in [2.75, 3.05) is 5.75 Å². The van der Waals surface area contributed by atoms with E-state index >= 15 is 0 Å². The molecule has 0 aliphatic carbocycles. The zero-order valence-corrected chi connectivity index (χ0v) is 16.3. The van der Waals surface area contributed by atoms with Crippen LogP contribution in [0.2, 0.25) is 5.02 Å². The van der Waals surface area contributed by atoms with Gasteiger partial charge in [-0.15, -0.1) is 11.8 Å². The second-order valence-corrected chi connectivity index (χ2v) is 8.00. The van der Waals surface area contributed by atoms with Gasteiger partial charge in [-0.25, -0.2) is 4.39 Å². The molecule has 28 heavy (non-hydrogen) atoms. The fraction of sp³-hybridized carbons (Fsp3) is 0.190. The lowest BCUT2D eigenvalue weighted by atomic mass is 10.0. The molecule has 3 aromatic carbocycles. The van der Waals surface area contributed by atoms with Gasteiger partial charge in [-0.1, -0.05) is 48.0 Å². The monoisotopic (exact) mass is 417 g/mol. The highest BCUT2D eigenvalue weighted by Gasteiger charge is 2.33. The molecule has 7 heteroatoms. The Balaban J connectivity index is 1.71. The third kappa shape index (κ3) is 3.68. The number of hydrogen-bond donors (Lipinski definition) is 2. The van der Waals surface area contributed by atoms with Crippen molar-refractivity contribution in [2.24, 2.45) is 0 Å². The van der Waals surface area contributed by atoms with Crippen LogP contribution in [-0.2, 0) is 11.4 Å². The summed E-state index contributed by atoms with van der Waals surface area (Å²) < 4.78 is 20.1. The molecule has 2 N–H and O–H groups in total. The van der Waals surface area contributed by atoms with E-state index in [0.29, 0.717) is 22.1 Å². The van der Waals surface area contributed by atoms with Crippen LogP contribution in [0.5, 0.6) is 5.75 Å². The summed E-state index contributed by atoms with van der Waals surface area (Å²) in [6.45, 7) is -0.0173. The van der Waals surface area contributed by atoms with Crippen molar-refractivity contribution in [3.05, 3.63) is 76.6 Å². The lowest BCUT2D eigenvalue weighted by Gasteiger charge is -2.19. The van der Waals surface area contributed by atoms with Crippen molar-refractivity contribution in [3.8, 4) is 5.75 Å². The summed E-state index contributed by atoms with van der Waals surface area (Å²) in [6.07, 6.45) is 0. The second-order valence-electron chi connectivity index (χ2n) is 6.46. The van der Waals surface area contributed by atoms with Crippen molar-refractivity contribution in [1.82, 2.24) is 5.32 Å². The van der Waals surface area contributed by atoms with E-state index in [9.17, 15) is 14.3 Å². The molecule has 1 fully saturated rings. The first-order valence-electron chi connectivity index (χ1n) is 8.72. The molecule has 144 valence electrons. The van der Waals surface area contributed by atoms with Crippen LogP contribution < -0.4 is 10.1 Å². The number of thioether (sulfide) groups is 1. The molecule has 0 aromatic heterocycles. The van der Waals surface area contributed by atoms with Crippen molar-refractivity contribution >= 4 is 40.1 Å². The normalized spacial score (nSPS) is 19.1. The predicted octanol–water partition coefficient (Wildman–Crippen LogP) is 5.00. The first-order valence-corrected chi connectivity index (χ1v) is 10.1. The van der Waals surface area contributed by atoms with Gasteiger partial charge < -0.3 is 9.84 Å². The van der Waals surface area contributed by atoms with Crippen molar-refractivity contribution in [3.63, 3.8) is 0 Å². The minimum atomic E-state index is -0.879. The summed E-state index contributed by atoms with van der Waals surface area (Å²) in [4.78, 5) is 11.3. The van der Waals surface area contributed by atoms with Gasteiger partial charge in [0.25, 0.3) is 0 Å². The van der Waals surface area contributed by atoms with Gasteiger partial charge in [0, 0.05) is 16.9 Å². The Hall–Kier alpha value is -2.28. The third-order valence-corrected chi connectivity index (χ3v) is 6.29. The number of rotatable bonds is 5. The Morgan fingerprint density at radius 1 is 1.21 bits per heavy atom. The van der Waals surface area contributed by atoms with Crippen molar-refractivity contribution in [1.29, 1.82) is 0 Å². The van der Waals surface area contributed by atoms with Gasteiger partial charge in [-0.3, -0.25) is 10.1 Å². The summed E-state index contributed by atoms with van der Waals surface area (Å²) >= 11 is 7.63. The average Bonchev–Trinajstić information content (AvgIpc) is 3.17. The maximum absolute atomic E-state index is 14.1. The van der Waals surface area contributed by atoms with Crippen molar-refractivity contribution in [2.45, 2.75) is 18.0 Å². The van der Waals surface area contributed by atoms with Gasteiger partial charge in [-0.05, 0) is 29.0 Å². The molecule has 1 saturated heterocycles. The number of benzene rings is 3.